The molecule has 0 N–H and O–H groups in total. The number of hydrogen-bond donors (Lipinski definition) is 0. The summed E-state index contributed by atoms with van der Waals surface area (Å²) < 4.78 is 7.70. The Labute approximate surface area is 157 Å². The lowest BCUT2D eigenvalue weighted by atomic mass is 9.94. The van der Waals surface area contributed by atoms with Gasteiger partial charge in [-0.3, -0.25) is 9.78 Å². The van der Waals surface area contributed by atoms with Gasteiger partial charge in [0.05, 0.1) is 0 Å². The summed E-state index contributed by atoms with van der Waals surface area (Å²) in [7, 11) is 1.83. The van der Waals surface area contributed by atoms with Gasteiger partial charge in [0.2, 0.25) is 5.88 Å². The van der Waals surface area contributed by atoms with Crippen molar-refractivity contribution in [1.29, 1.82) is 0 Å². The summed E-state index contributed by atoms with van der Waals surface area (Å²) in [6.07, 6.45) is 8.57. The van der Waals surface area contributed by atoms with E-state index in [2.05, 4.69) is 15.0 Å². The molecule has 0 radical (unpaired) electrons. The van der Waals surface area contributed by atoms with Gasteiger partial charge in [-0.25, -0.2) is 9.97 Å². The van der Waals surface area contributed by atoms with E-state index in [-0.39, 0.29) is 11.8 Å². The van der Waals surface area contributed by atoms with Gasteiger partial charge in [-0.2, -0.15) is 0 Å². The number of hydrogen-bond acceptors (Lipinski definition) is 5. The second kappa shape index (κ2) is 7.57. The highest BCUT2D eigenvalue weighted by atomic mass is 16.5. The molecule has 138 valence electrons. The maximum atomic E-state index is 12.8. The molecule has 1 amide bonds. The molecular weight excluding hydrogens is 342 g/mol. The molecule has 0 saturated carbocycles. The molecule has 3 heterocycles. The normalized spacial score (nSPS) is 16.9. The van der Waals surface area contributed by atoms with Crippen molar-refractivity contribution in [2.24, 2.45) is 7.05 Å². The van der Waals surface area contributed by atoms with Crippen LogP contribution in [-0.4, -0.2) is 43.4 Å². The fraction of sp³-hybridized carbons (Fsp3) is 0.300. The molecule has 0 unspecified atom stereocenters. The van der Waals surface area contributed by atoms with Gasteiger partial charge in [0, 0.05) is 50.8 Å². The van der Waals surface area contributed by atoms with Crippen LogP contribution in [0, 0.1) is 0 Å². The van der Waals surface area contributed by atoms with Crippen LogP contribution in [0.5, 0.6) is 11.6 Å². The second-order valence-corrected chi connectivity index (χ2v) is 6.61. The van der Waals surface area contributed by atoms with Crippen LogP contribution >= 0.6 is 0 Å². The molecule has 3 aromatic rings. The van der Waals surface area contributed by atoms with Crippen LogP contribution < -0.4 is 4.74 Å². The molecule has 7 nitrogen and oxygen atoms in total. The SMILES string of the molecule is Cn1ccnc1C(=O)N1CCC[C@@H](c2nccnc2Oc2ccccc2)C1. The zero-order valence-corrected chi connectivity index (χ0v) is 15.2. The van der Waals surface area contributed by atoms with E-state index in [0.29, 0.717) is 18.2 Å². The van der Waals surface area contributed by atoms with Crippen LogP contribution in [0.15, 0.2) is 55.1 Å². The highest BCUT2D eigenvalue weighted by Gasteiger charge is 2.30. The van der Waals surface area contributed by atoms with Crippen molar-refractivity contribution in [3.63, 3.8) is 0 Å². The molecule has 1 fully saturated rings. The van der Waals surface area contributed by atoms with Crippen LogP contribution in [0.1, 0.15) is 35.1 Å². The maximum Gasteiger partial charge on any atom is 0.289 e. The summed E-state index contributed by atoms with van der Waals surface area (Å²) in [6.45, 7) is 1.30. The molecule has 1 aliphatic rings. The fourth-order valence-corrected chi connectivity index (χ4v) is 3.39. The number of ether oxygens (including phenoxy) is 1. The Morgan fingerprint density at radius 3 is 2.70 bits per heavy atom. The zero-order valence-electron chi connectivity index (χ0n) is 15.2. The maximum absolute atomic E-state index is 12.8. The molecule has 4 rings (SSSR count). The number of aromatic nitrogens is 4. The van der Waals surface area contributed by atoms with Crippen LogP contribution in [0.2, 0.25) is 0 Å². The second-order valence-electron chi connectivity index (χ2n) is 6.61. The Hall–Kier alpha value is -3.22. The third-order valence-corrected chi connectivity index (χ3v) is 4.76. The number of piperidine rings is 1. The number of imidazole rings is 1. The lowest BCUT2D eigenvalue weighted by Crippen LogP contribution is -2.40. The quantitative estimate of drug-likeness (QED) is 0.712. The number of likely N-dealkylation sites (tertiary alicyclic amines) is 1. The molecule has 0 bridgehead atoms. The van der Waals surface area contributed by atoms with Crippen LogP contribution in [0.4, 0.5) is 0 Å². The monoisotopic (exact) mass is 363 g/mol. The molecule has 1 atom stereocenters. The Balaban J connectivity index is 1.55. The van der Waals surface area contributed by atoms with Gasteiger partial charge in [-0.1, -0.05) is 18.2 Å². The average molecular weight is 363 g/mol. The van der Waals surface area contributed by atoms with E-state index in [1.165, 1.54) is 0 Å². The van der Waals surface area contributed by atoms with Crippen molar-refractivity contribution >= 4 is 5.91 Å². The smallest absolute Gasteiger partial charge is 0.289 e. The Morgan fingerprint density at radius 2 is 1.93 bits per heavy atom. The van der Waals surface area contributed by atoms with Gasteiger partial charge < -0.3 is 14.2 Å². The Morgan fingerprint density at radius 1 is 1.11 bits per heavy atom. The minimum Gasteiger partial charge on any atom is -0.437 e. The van der Waals surface area contributed by atoms with Crippen molar-refractivity contribution in [3.8, 4) is 11.6 Å². The van der Waals surface area contributed by atoms with E-state index in [9.17, 15) is 4.79 Å². The third-order valence-electron chi connectivity index (χ3n) is 4.76. The summed E-state index contributed by atoms with van der Waals surface area (Å²) in [4.78, 5) is 27.7. The molecule has 1 aliphatic heterocycles. The van der Waals surface area contributed by atoms with E-state index in [1.807, 2.05) is 42.3 Å². The first kappa shape index (κ1) is 17.2. The number of aryl methyl sites for hydroxylation is 1. The standard InChI is InChI=1S/C20H21N5O2/c1-24-13-11-22-18(24)20(26)25-12-5-6-15(14-25)17-19(23-10-9-21-17)27-16-7-3-2-4-8-16/h2-4,7-11,13,15H,5-6,12,14H2,1H3/t15-/m1/s1. The zero-order chi connectivity index (χ0) is 18.6. The first-order valence-electron chi connectivity index (χ1n) is 9.03. The highest BCUT2D eigenvalue weighted by molar-refractivity contribution is 5.90. The number of nitrogens with zero attached hydrogens (tertiary/aromatic N) is 5. The van der Waals surface area contributed by atoms with E-state index in [0.717, 1.165) is 30.8 Å². The van der Waals surface area contributed by atoms with Crippen molar-refractivity contribution in [1.82, 2.24) is 24.4 Å². The molecule has 0 spiro atoms. The summed E-state index contributed by atoms with van der Waals surface area (Å²) in [5, 5.41) is 0. The van der Waals surface area contributed by atoms with Gasteiger partial charge in [0.15, 0.2) is 5.82 Å². The number of amides is 1. The van der Waals surface area contributed by atoms with Crippen molar-refractivity contribution in [2.75, 3.05) is 13.1 Å². The van der Waals surface area contributed by atoms with Crippen LogP contribution in [0.3, 0.4) is 0 Å². The molecule has 27 heavy (non-hydrogen) atoms. The first-order chi connectivity index (χ1) is 13.2. The molecule has 1 saturated heterocycles. The molecular formula is C20H21N5O2. The minimum atomic E-state index is -0.0541. The lowest BCUT2D eigenvalue weighted by molar-refractivity contribution is 0.0688. The molecule has 0 aliphatic carbocycles. The van der Waals surface area contributed by atoms with E-state index in [1.54, 1.807) is 29.4 Å². The van der Waals surface area contributed by atoms with E-state index >= 15 is 0 Å². The van der Waals surface area contributed by atoms with Gasteiger partial charge in [-0.05, 0) is 25.0 Å². The summed E-state index contributed by atoms with van der Waals surface area (Å²) in [6, 6.07) is 9.54. The largest absolute Gasteiger partial charge is 0.437 e. The summed E-state index contributed by atoms with van der Waals surface area (Å²) >= 11 is 0. The van der Waals surface area contributed by atoms with E-state index in [4.69, 9.17) is 4.74 Å². The topological polar surface area (TPSA) is 73.1 Å². The number of carbonyl (C=O) groups excluding carboxylic acids is 1. The predicted octanol–water partition coefficient (Wildman–Crippen LogP) is 3.02. The van der Waals surface area contributed by atoms with Gasteiger partial charge >= 0.3 is 0 Å². The number of rotatable bonds is 4. The van der Waals surface area contributed by atoms with Crippen LogP contribution in [0.25, 0.3) is 0 Å². The fourth-order valence-electron chi connectivity index (χ4n) is 3.39. The third kappa shape index (κ3) is 3.67. The number of carbonyl (C=O) groups is 1. The van der Waals surface area contributed by atoms with Gasteiger partial charge in [0.1, 0.15) is 11.4 Å². The number of benzene rings is 1. The minimum absolute atomic E-state index is 0.0541. The summed E-state index contributed by atoms with van der Waals surface area (Å²) in [5.41, 5.74) is 0.790. The number of para-hydroxylation sites is 1. The Bertz CT molecular complexity index is 925. The van der Waals surface area contributed by atoms with E-state index < -0.39 is 0 Å². The average Bonchev–Trinajstić information content (AvgIpc) is 3.14. The highest BCUT2D eigenvalue weighted by Crippen LogP contribution is 2.32. The lowest BCUT2D eigenvalue weighted by Gasteiger charge is -2.32. The van der Waals surface area contributed by atoms with Gasteiger partial charge in [-0.15, -0.1) is 0 Å². The van der Waals surface area contributed by atoms with Crippen LogP contribution in [-0.2, 0) is 7.05 Å². The molecule has 7 heteroatoms. The predicted molar refractivity (Wildman–Crippen MR) is 99.6 cm³/mol. The van der Waals surface area contributed by atoms with Crippen molar-refractivity contribution in [3.05, 3.63) is 66.6 Å². The van der Waals surface area contributed by atoms with Crippen molar-refractivity contribution < 1.29 is 9.53 Å². The Kier molecular flexibility index (Phi) is 4.82. The molecule has 1 aromatic carbocycles. The van der Waals surface area contributed by atoms with Gasteiger partial charge in [0.25, 0.3) is 5.91 Å². The summed E-state index contributed by atoms with van der Waals surface area (Å²) in [5.74, 6) is 1.70. The first-order valence-corrected chi connectivity index (χ1v) is 9.03. The molecule has 2 aromatic heterocycles. The van der Waals surface area contributed by atoms with Crippen molar-refractivity contribution in [2.45, 2.75) is 18.8 Å².